The Labute approximate surface area is 159 Å². The van der Waals surface area contributed by atoms with Crippen LogP contribution in [0.1, 0.15) is 25.3 Å². The summed E-state index contributed by atoms with van der Waals surface area (Å²) in [6.45, 7) is 7.33. The largest absolute Gasteiger partial charge is 0.342 e. The van der Waals surface area contributed by atoms with E-state index in [4.69, 9.17) is 0 Å². The van der Waals surface area contributed by atoms with Crippen LogP contribution in [0.3, 0.4) is 0 Å². The van der Waals surface area contributed by atoms with Gasteiger partial charge in [0.2, 0.25) is 11.8 Å². The zero-order valence-corrected chi connectivity index (χ0v) is 16.4. The molecule has 1 aromatic rings. The fourth-order valence-electron chi connectivity index (χ4n) is 3.64. The molecule has 26 heavy (non-hydrogen) atoms. The number of nitrogens with zero attached hydrogens (tertiary/aromatic N) is 5. The highest BCUT2D eigenvalue weighted by atomic mass is 32.2. The maximum Gasteiger partial charge on any atom is 0.228 e. The van der Waals surface area contributed by atoms with Gasteiger partial charge in [-0.1, -0.05) is 11.8 Å². The molecule has 2 saturated heterocycles. The molecule has 2 fully saturated rings. The Hall–Kier alpha value is -1.67. The second-order valence-corrected chi connectivity index (χ2v) is 7.64. The van der Waals surface area contributed by atoms with Crippen molar-refractivity contribution in [2.45, 2.75) is 31.5 Å². The molecule has 2 amide bonds. The third-order valence-electron chi connectivity index (χ3n) is 5.12. The molecule has 0 spiro atoms. The van der Waals surface area contributed by atoms with Crippen LogP contribution in [-0.4, -0.2) is 82.0 Å². The molecule has 3 heterocycles. The molecule has 7 nitrogen and oxygen atoms in total. The number of thioether (sulfide) groups is 1. The highest BCUT2D eigenvalue weighted by Crippen LogP contribution is 2.21. The van der Waals surface area contributed by atoms with E-state index in [0.717, 1.165) is 49.9 Å². The quantitative estimate of drug-likeness (QED) is 0.565. The standard InChI is InChI=1S/C18H27N5O2S/c1-3-22-13-15(9-16(22)24)17(25)23-6-4-5-21(7-8-23)12-14-10-19-18(26-2)20-11-14/h10-11,15H,3-9,12-13H2,1-2H3. The highest BCUT2D eigenvalue weighted by molar-refractivity contribution is 7.98. The van der Waals surface area contributed by atoms with E-state index >= 15 is 0 Å². The first kappa shape index (κ1) is 19.1. The average Bonchev–Trinajstić information content (AvgIpc) is 2.89. The molecular formula is C18H27N5O2S. The van der Waals surface area contributed by atoms with Crippen LogP contribution in [0.5, 0.6) is 0 Å². The molecular weight excluding hydrogens is 350 g/mol. The van der Waals surface area contributed by atoms with Crippen LogP contribution in [-0.2, 0) is 16.1 Å². The number of amides is 2. The van der Waals surface area contributed by atoms with Crippen molar-refractivity contribution >= 4 is 23.6 Å². The SMILES string of the molecule is CCN1CC(C(=O)N2CCCN(Cc3cnc(SC)nc3)CC2)CC1=O. The minimum atomic E-state index is -0.165. The normalized spacial score (nSPS) is 21.9. The van der Waals surface area contributed by atoms with Gasteiger partial charge in [-0.05, 0) is 19.6 Å². The minimum Gasteiger partial charge on any atom is -0.342 e. The van der Waals surface area contributed by atoms with E-state index in [-0.39, 0.29) is 17.7 Å². The first-order chi connectivity index (χ1) is 12.6. The molecule has 2 aliphatic rings. The van der Waals surface area contributed by atoms with E-state index in [2.05, 4.69) is 14.9 Å². The number of carbonyl (C=O) groups is 2. The van der Waals surface area contributed by atoms with Crippen LogP contribution in [0.25, 0.3) is 0 Å². The van der Waals surface area contributed by atoms with Crippen LogP contribution in [0, 0.1) is 5.92 Å². The number of likely N-dealkylation sites (tertiary alicyclic amines) is 1. The van der Waals surface area contributed by atoms with Gasteiger partial charge in [0, 0.05) is 70.2 Å². The molecule has 0 radical (unpaired) electrons. The predicted molar refractivity (Wildman–Crippen MR) is 101 cm³/mol. The van der Waals surface area contributed by atoms with Gasteiger partial charge in [-0.15, -0.1) is 0 Å². The highest BCUT2D eigenvalue weighted by Gasteiger charge is 2.36. The van der Waals surface area contributed by atoms with Crippen LogP contribution in [0.2, 0.25) is 0 Å². The summed E-state index contributed by atoms with van der Waals surface area (Å²) in [6, 6.07) is 0. The van der Waals surface area contributed by atoms with Crippen molar-refractivity contribution in [1.82, 2.24) is 24.7 Å². The number of hydrogen-bond donors (Lipinski definition) is 0. The molecule has 2 aliphatic heterocycles. The molecule has 1 aromatic heterocycles. The second kappa shape index (κ2) is 8.81. The summed E-state index contributed by atoms with van der Waals surface area (Å²) in [6.07, 6.45) is 7.05. The van der Waals surface area contributed by atoms with Gasteiger partial charge in [-0.2, -0.15) is 0 Å². The third-order valence-corrected chi connectivity index (χ3v) is 5.69. The summed E-state index contributed by atoms with van der Waals surface area (Å²) in [5.41, 5.74) is 1.10. The van der Waals surface area contributed by atoms with Gasteiger partial charge in [0.05, 0.1) is 5.92 Å². The summed E-state index contributed by atoms with van der Waals surface area (Å²) in [7, 11) is 0. The first-order valence-electron chi connectivity index (χ1n) is 9.24. The average molecular weight is 378 g/mol. The van der Waals surface area contributed by atoms with E-state index in [9.17, 15) is 9.59 Å². The molecule has 0 saturated carbocycles. The Kier molecular flexibility index (Phi) is 6.48. The second-order valence-electron chi connectivity index (χ2n) is 6.87. The van der Waals surface area contributed by atoms with Crippen LogP contribution >= 0.6 is 11.8 Å². The van der Waals surface area contributed by atoms with Crippen LogP contribution in [0.4, 0.5) is 0 Å². The van der Waals surface area contributed by atoms with E-state index in [1.54, 1.807) is 4.90 Å². The lowest BCUT2D eigenvalue weighted by Crippen LogP contribution is -2.39. The number of carbonyl (C=O) groups excluding carboxylic acids is 2. The smallest absolute Gasteiger partial charge is 0.228 e. The van der Waals surface area contributed by atoms with Crippen molar-refractivity contribution in [2.24, 2.45) is 5.92 Å². The van der Waals surface area contributed by atoms with E-state index in [1.165, 1.54) is 11.8 Å². The van der Waals surface area contributed by atoms with Crippen molar-refractivity contribution < 1.29 is 9.59 Å². The fourth-order valence-corrected chi connectivity index (χ4v) is 3.96. The van der Waals surface area contributed by atoms with Crippen molar-refractivity contribution in [2.75, 3.05) is 45.5 Å². The van der Waals surface area contributed by atoms with Gasteiger partial charge in [-0.3, -0.25) is 14.5 Å². The Morgan fingerprint density at radius 2 is 2.00 bits per heavy atom. The Morgan fingerprint density at radius 3 is 2.65 bits per heavy atom. The predicted octanol–water partition coefficient (Wildman–Crippen LogP) is 1.10. The third kappa shape index (κ3) is 4.54. The summed E-state index contributed by atoms with van der Waals surface area (Å²) < 4.78 is 0. The van der Waals surface area contributed by atoms with E-state index in [0.29, 0.717) is 19.5 Å². The molecule has 0 aromatic carbocycles. The molecule has 1 unspecified atom stereocenters. The summed E-state index contributed by atoms with van der Waals surface area (Å²) in [4.78, 5) is 39.4. The molecule has 0 bridgehead atoms. The molecule has 3 rings (SSSR count). The number of rotatable bonds is 5. The molecule has 8 heteroatoms. The van der Waals surface area contributed by atoms with E-state index in [1.807, 2.05) is 30.5 Å². The lowest BCUT2D eigenvalue weighted by atomic mass is 10.1. The van der Waals surface area contributed by atoms with Crippen molar-refractivity contribution in [3.8, 4) is 0 Å². The summed E-state index contributed by atoms with van der Waals surface area (Å²) in [5, 5.41) is 0.786. The maximum absolute atomic E-state index is 12.8. The van der Waals surface area contributed by atoms with Gasteiger partial charge >= 0.3 is 0 Å². The summed E-state index contributed by atoms with van der Waals surface area (Å²) >= 11 is 1.54. The van der Waals surface area contributed by atoms with Crippen molar-refractivity contribution in [3.05, 3.63) is 18.0 Å². The molecule has 1 atom stereocenters. The first-order valence-corrected chi connectivity index (χ1v) is 10.5. The minimum absolute atomic E-state index is 0.107. The van der Waals surface area contributed by atoms with Gasteiger partial charge < -0.3 is 9.80 Å². The lowest BCUT2D eigenvalue weighted by Gasteiger charge is -2.24. The topological polar surface area (TPSA) is 69.6 Å². The monoisotopic (exact) mass is 377 g/mol. The zero-order chi connectivity index (χ0) is 18.5. The van der Waals surface area contributed by atoms with Crippen molar-refractivity contribution in [3.63, 3.8) is 0 Å². The maximum atomic E-state index is 12.8. The number of hydrogen-bond acceptors (Lipinski definition) is 6. The van der Waals surface area contributed by atoms with Crippen LogP contribution < -0.4 is 0 Å². The Balaban J connectivity index is 1.52. The molecule has 142 valence electrons. The van der Waals surface area contributed by atoms with Gasteiger partial charge in [0.25, 0.3) is 0 Å². The van der Waals surface area contributed by atoms with Crippen molar-refractivity contribution in [1.29, 1.82) is 0 Å². The molecule has 0 aliphatic carbocycles. The summed E-state index contributed by atoms with van der Waals surface area (Å²) in [5.74, 6) is 0.0845. The Morgan fingerprint density at radius 1 is 1.23 bits per heavy atom. The lowest BCUT2D eigenvalue weighted by molar-refractivity contribution is -0.135. The Bertz CT molecular complexity index is 639. The molecule has 0 N–H and O–H groups in total. The fraction of sp³-hybridized carbons (Fsp3) is 0.667. The van der Waals surface area contributed by atoms with Gasteiger partial charge in [0.15, 0.2) is 5.16 Å². The number of aromatic nitrogens is 2. The van der Waals surface area contributed by atoms with Gasteiger partial charge in [0.1, 0.15) is 0 Å². The zero-order valence-electron chi connectivity index (χ0n) is 15.6. The van der Waals surface area contributed by atoms with Crippen LogP contribution in [0.15, 0.2) is 17.6 Å². The van der Waals surface area contributed by atoms with Gasteiger partial charge in [-0.25, -0.2) is 9.97 Å². The van der Waals surface area contributed by atoms with E-state index < -0.39 is 0 Å².